The lowest BCUT2D eigenvalue weighted by atomic mass is 9.95. The highest BCUT2D eigenvalue weighted by atomic mass is 28.3. The summed E-state index contributed by atoms with van der Waals surface area (Å²) in [6.07, 6.45) is 2.76. The molecular weight excluding hydrogens is 324 g/mol. The van der Waals surface area contributed by atoms with E-state index in [0.717, 1.165) is 23.5 Å². The van der Waals surface area contributed by atoms with Crippen molar-refractivity contribution in [2.45, 2.75) is 32.2 Å². The van der Waals surface area contributed by atoms with Crippen molar-refractivity contribution in [1.29, 1.82) is 0 Å². The minimum Gasteiger partial charge on any atom is -0.497 e. The number of hydrogen-bond acceptors (Lipinski definition) is 2. The van der Waals surface area contributed by atoms with Crippen LogP contribution in [-0.4, -0.2) is 15.2 Å². The van der Waals surface area contributed by atoms with E-state index in [2.05, 4.69) is 62.6 Å². The smallest absolute Gasteiger partial charge is 0.128 e. The van der Waals surface area contributed by atoms with E-state index in [1.165, 1.54) is 16.3 Å². The van der Waals surface area contributed by atoms with Gasteiger partial charge in [-0.3, -0.25) is 0 Å². The van der Waals surface area contributed by atoms with Gasteiger partial charge in [-0.05, 0) is 40.6 Å². The summed E-state index contributed by atoms with van der Waals surface area (Å²) in [5.74, 6) is 1.88. The normalized spacial score (nSPS) is 16.9. The Hall–Kier alpha value is -2.26. The first-order valence-electron chi connectivity index (χ1n) is 8.71. The second-order valence-corrected chi connectivity index (χ2v) is 12.4. The SMILES string of the molecule is C=CCC1OC(c2ccc(OC)cc2)=C([Si](C)(C)C)c2ccccc21. The van der Waals surface area contributed by atoms with Gasteiger partial charge in [0.25, 0.3) is 0 Å². The highest BCUT2D eigenvalue weighted by Crippen LogP contribution is 2.45. The fraction of sp³-hybridized carbons (Fsp3) is 0.273. The Labute approximate surface area is 151 Å². The van der Waals surface area contributed by atoms with Crippen LogP contribution >= 0.6 is 0 Å². The number of fused-ring (bicyclic) bond motifs is 1. The van der Waals surface area contributed by atoms with Crippen molar-refractivity contribution in [3.63, 3.8) is 0 Å². The van der Waals surface area contributed by atoms with Crippen molar-refractivity contribution in [2.24, 2.45) is 0 Å². The van der Waals surface area contributed by atoms with Gasteiger partial charge in [-0.1, -0.05) is 50.0 Å². The molecule has 1 atom stereocenters. The van der Waals surface area contributed by atoms with Crippen LogP contribution in [0.1, 0.15) is 29.2 Å². The molecule has 0 N–H and O–H groups in total. The third-order valence-corrected chi connectivity index (χ3v) is 6.54. The van der Waals surface area contributed by atoms with Gasteiger partial charge in [0.1, 0.15) is 17.6 Å². The van der Waals surface area contributed by atoms with E-state index in [1.54, 1.807) is 7.11 Å². The van der Waals surface area contributed by atoms with Crippen molar-refractivity contribution in [3.8, 4) is 5.75 Å². The Kier molecular flexibility index (Phi) is 4.86. The van der Waals surface area contributed by atoms with Crippen molar-refractivity contribution < 1.29 is 9.47 Å². The van der Waals surface area contributed by atoms with Gasteiger partial charge in [-0.2, -0.15) is 0 Å². The summed E-state index contributed by atoms with van der Waals surface area (Å²) in [4.78, 5) is 0. The topological polar surface area (TPSA) is 18.5 Å². The monoisotopic (exact) mass is 350 g/mol. The molecule has 0 aliphatic carbocycles. The second-order valence-electron chi connectivity index (χ2n) is 7.40. The van der Waals surface area contributed by atoms with Crippen LogP contribution in [0.15, 0.2) is 61.2 Å². The van der Waals surface area contributed by atoms with Crippen LogP contribution in [0, 0.1) is 0 Å². The lowest BCUT2D eigenvalue weighted by molar-refractivity contribution is 0.169. The van der Waals surface area contributed by atoms with E-state index in [-0.39, 0.29) is 6.10 Å². The van der Waals surface area contributed by atoms with Crippen molar-refractivity contribution in [2.75, 3.05) is 7.11 Å². The van der Waals surface area contributed by atoms with E-state index < -0.39 is 8.07 Å². The number of ether oxygens (including phenoxy) is 2. The van der Waals surface area contributed by atoms with Gasteiger partial charge in [0.05, 0.1) is 15.2 Å². The maximum absolute atomic E-state index is 6.55. The molecule has 3 heteroatoms. The van der Waals surface area contributed by atoms with Gasteiger partial charge in [-0.15, -0.1) is 6.58 Å². The van der Waals surface area contributed by atoms with E-state index in [9.17, 15) is 0 Å². The molecule has 0 saturated heterocycles. The fourth-order valence-electron chi connectivity index (χ4n) is 3.42. The van der Waals surface area contributed by atoms with E-state index in [0.29, 0.717) is 0 Å². The zero-order valence-electron chi connectivity index (χ0n) is 15.5. The third kappa shape index (κ3) is 3.42. The Morgan fingerprint density at radius 2 is 1.76 bits per heavy atom. The summed E-state index contributed by atoms with van der Waals surface area (Å²) < 4.78 is 11.9. The first-order chi connectivity index (χ1) is 12.0. The number of benzene rings is 2. The van der Waals surface area contributed by atoms with Crippen molar-refractivity contribution >= 4 is 19.0 Å². The third-order valence-electron chi connectivity index (χ3n) is 4.55. The van der Waals surface area contributed by atoms with E-state index in [4.69, 9.17) is 9.47 Å². The lowest BCUT2D eigenvalue weighted by Gasteiger charge is -2.35. The zero-order chi connectivity index (χ0) is 18.0. The molecule has 3 rings (SSSR count). The summed E-state index contributed by atoms with van der Waals surface area (Å²) in [5, 5.41) is 1.38. The molecule has 1 unspecified atom stereocenters. The molecular formula is C22H26O2Si. The molecule has 2 aromatic carbocycles. The zero-order valence-corrected chi connectivity index (χ0v) is 16.5. The predicted octanol–water partition coefficient (Wildman–Crippen LogP) is 6.09. The first kappa shape index (κ1) is 17.6. The predicted molar refractivity (Wildman–Crippen MR) is 108 cm³/mol. The summed E-state index contributed by atoms with van der Waals surface area (Å²) >= 11 is 0. The summed E-state index contributed by atoms with van der Waals surface area (Å²) in [5.41, 5.74) is 3.73. The Bertz CT molecular complexity index is 798. The molecule has 1 aliphatic rings. The summed E-state index contributed by atoms with van der Waals surface area (Å²) in [6, 6.07) is 16.8. The Morgan fingerprint density at radius 3 is 2.36 bits per heavy atom. The minimum absolute atomic E-state index is 0.0194. The molecule has 0 aromatic heterocycles. The van der Waals surface area contributed by atoms with Crippen LogP contribution in [0.2, 0.25) is 19.6 Å². The van der Waals surface area contributed by atoms with E-state index in [1.807, 2.05) is 18.2 Å². The molecule has 0 spiro atoms. The fourth-order valence-corrected chi connectivity index (χ4v) is 5.34. The van der Waals surface area contributed by atoms with E-state index >= 15 is 0 Å². The highest BCUT2D eigenvalue weighted by Gasteiger charge is 2.34. The lowest BCUT2D eigenvalue weighted by Crippen LogP contribution is -2.28. The van der Waals surface area contributed by atoms with Crippen LogP contribution in [-0.2, 0) is 4.74 Å². The van der Waals surface area contributed by atoms with Crippen LogP contribution in [0.25, 0.3) is 11.0 Å². The van der Waals surface area contributed by atoms with Gasteiger partial charge in [0.2, 0.25) is 0 Å². The van der Waals surface area contributed by atoms with Gasteiger partial charge >= 0.3 is 0 Å². The maximum atomic E-state index is 6.55. The second kappa shape index (κ2) is 6.93. The molecule has 130 valence electrons. The van der Waals surface area contributed by atoms with Crippen LogP contribution < -0.4 is 4.74 Å². The molecule has 2 nitrogen and oxygen atoms in total. The minimum atomic E-state index is -1.63. The van der Waals surface area contributed by atoms with Gasteiger partial charge in [0, 0.05) is 12.0 Å². The average molecular weight is 351 g/mol. The summed E-state index contributed by atoms with van der Waals surface area (Å²) in [6.45, 7) is 11.0. The largest absolute Gasteiger partial charge is 0.497 e. The Morgan fingerprint density at radius 1 is 1.08 bits per heavy atom. The molecule has 0 saturated carbocycles. The number of methoxy groups -OCH3 is 1. The van der Waals surface area contributed by atoms with Crippen LogP contribution in [0.4, 0.5) is 0 Å². The molecule has 25 heavy (non-hydrogen) atoms. The van der Waals surface area contributed by atoms with Crippen LogP contribution in [0.3, 0.4) is 0 Å². The standard InChI is InChI=1S/C22H26O2Si/c1-6-9-20-18-10-7-8-11-19(18)22(25(3,4)5)21(24-20)16-12-14-17(23-2)15-13-16/h6-8,10-15,20H,1,9H2,2-5H3. The summed E-state index contributed by atoms with van der Waals surface area (Å²) in [7, 11) is 0.0593. The molecule has 0 bridgehead atoms. The Balaban J connectivity index is 2.22. The molecule has 2 aromatic rings. The van der Waals surface area contributed by atoms with Crippen molar-refractivity contribution in [1.82, 2.24) is 0 Å². The number of rotatable bonds is 5. The molecule has 0 amide bonds. The number of hydrogen-bond donors (Lipinski definition) is 0. The van der Waals surface area contributed by atoms with Gasteiger partial charge in [0.15, 0.2) is 0 Å². The molecule has 1 aliphatic heterocycles. The average Bonchev–Trinajstić information content (AvgIpc) is 2.60. The van der Waals surface area contributed by atoms with Gasteiger partial charge < -0.3 is 9.47 Å². The molecule has 0 radical (unpaired) electrons. The van der Waals surface area contributed by atoms with Gasteiger partial charge in [-0.25, -0.2) is 0 Å². The quantitative estimate of drug-likeness (QED) is 0.480. The van der Waals surface area contributed by atoms with Crippen molar-refractivity contribution in [3.05, 3.63) is 77.9 Å². The van der Waals surface area contributed by atoms with Crippen LogP contribution in [0.5, 0.6) is 5.75 Å². The molecule has 1 heterocycles. The highest BCUT2D eigenvalue weighted by molar-refractivity contribution is 6.95. The first-order valence-corrected chi connectivity index (χ1v) is 12.2. The maximum Gasteiger partial charge on any atom is 0.128 e. The molecule has 0 fully saturated rings.